The number of nitrogens with one attached hydrogen (secondary N) is 1. The standard InChI is InChI=1S/C32H38N4O/c33-31-29-28(24-14-6-2-7-15-24)30(25-16-8-3-9-17-25)36(20-23-12-4-1-5-13-23)32(29)34-22-35(31)21-26-18-10-11-19-27(26)37/h2-3,6-9,14-17,22-23,26-27,33,37H,1,4-5,10-13,18-21H2. The van der Waals surface area contributed by atoms with Gasteiger partial charge in [-0.25, -0.2) is 4.98 Å². The van der Waals surface area contributed by atoms with Gasteiger partial charge in [0.1, 0.15) is 11.1 Å². The lowest BCUT2D eigenvalue weighted by atomic mass is 9.86. The number of hydrogen-bond acceptors (Lipinski definition) is 3. The Morgan fingerprint density at radius 2 is 1.43 bits per heavy atom. The van der Waals surface area contributed by atoms with Gasteiger partial charge in [0.25, 0.3) is 0 Å². The Labute approximate surface area is 219 Å². The molecule has 0 radical (unpaired) electrons. The summed E-state index contributed by atoms with van der Waals surface area (Å²) in [6.07, 6.45) is 12.1. The summed E-state index contributed by atoms with van der Waals surface area (Å²) in [6, 6.07) is 21.2. The lowest BCUT2D eigenvalue weighted by molar-refractivity contribution is 0.0598. The van der Waals surface area contributed by atoms with Crippen molar-refractivity contribution in [1.29, 1.82) is 5.41 Å². The average molecular weight is 495 g/mol. The van der Waals surface area contributed by atoms with E-state index >= 15 is 0 Å². The van der Waals surface area contributed by atoms with Gasteiger partial charge >= 0.3 is 0 Å². The lowest BCUT2D eigenvalue weighted by Gasteiger charge is -2.28. The Balaban J connectivity index is 1.58. The van der Waals surface area contributed by atoms with Crippen LogP contribution in [0, 0.1) is 17.2 Å². The second kappa shape index (κ2) is 10.7. The molecule has 2 aliphatic rings. The number of rotatable bonds is 6. The Bertz CT molecular complexity index is 1400. The van der Waals surface area contributed by atoms with Crippen LogP contribution in [-0.4, -0.2) is 25.3 Å². The third-order valence-corrected chi connectivity index (χ3v) is 8.65. The molecule has 37 heavy (non-hydrogen) atoms. The quantitative estimate of drug-likeness (QED) is 0.310. The van der Waals surface area contributed by atoms with Gasteiger partial charge in [-0.2, -0.15) is 0 Å². The summed E-state index contributed by atoms with van der Waals surface area (Å²) in [6.45, 7) is 1.58. The first-order valence-corrected chi connectivity index (χ1v) is 14.2. The minimum absolute atomic E-state index is 0.181. The van der Waals surface area contributed by atoms with Gasteiger partial charge < -0.3 is 14.2 Å². The van der Waals surface area contributed by atoms with Crippen molar-refractivity contribution in [3.63, 3.8) is 0 Å². The third-order valence-electron chi connectivity index (χ3n) is 8.65. The number of hydrogen-bond donors (Lipinski definition) is 2. The van der Waals surface area contributed by atoms with Gasteiger partial charge in [0, 0.05) is 24.6 Å². The molecule has 5 heteroatoms. The summed E-state index contributed by atoms with van der Waals surface area (Å²) in [7, 11) is 0. The minimum Gasteiger partial charge on any atom is -0.393 e. The number of aliphatic hydroxyl groups excluding tert-OH is 1. The van der Waals surface area contributed by atoms with E-state index in [1.54, 1.807) is 0 Å². The van der Waals surface area contributed by atoms with E-state index in [1.807, 2.05) is 10.9 Å². The highest BCUT2D eigenvalue weighted by atomic mass is 16.3. The van der Waals surface area contributed by atoms with E-state index < -0.39 is 0 Å². The molecule has 2 aromatic heterocycles. The molecule has 0 amide bonds. The molecule has 2 saturated carbocycles. The van der Waals surface area contributed by atoms with Crippen molar-refractivity contribution in [3.05, 3.63) is 72.5 Å². The Morgan fingerprint density at radius 1 is 0.784 bits per heavy atom. The number of nitrogens with zero attached hydrogens (tertiary/aromatic N) is 3. The predicted octanol–water partition coefficient (Wildman–Crippen LogP) is 6.78. The number of benzene rings is 2. The molecule has 0 saturated heterocycles. The molecule has 2 N–H and O–H groups in total. The van der Waals surface area contributed by atoms with E-state index in [2.05, 4.69) is 65.2 Å². The van der Waals surface area contributed by atoms with Crippen molar-refractivity contribution < 1.29 is 5.11 Å². The zero-order chi connectivity index (χ0) is 25.2. The molecule has 0 spiro atoms. The summed E-state index contributed by atoms with van der Waals surface area (Å²) in [4.78, 5) is 5.05. The van der Waals surface area contributed by atoms with Crippen LogP contribution in [0.15, 0.2) is 67.0 Å². The molecule has 2 heterocycles. The maximum Gasteiger partial charge on any atom is 0.146 e. The third kappa shape index (κ3) is 4.77. The first-order valence-electron chi connectivity index (χ1n) is 14.2. The van der Waals surface area contributed by atoms with Gasteiger partial charge in [0.15, 0.2) is 0 Å². The van der Waals surface area contributed by atoms with Gasteiger partial charge in [0.2, 0.25) is 0 Å². The summed E-state index contributed by atoms with van der Waals surface area (Å²) >= 11 is 0. The second-order valence-electron chi connectivity index (χ2n) is 11.1. The van der Waals surface area contributed by atoms with Crippen LogP contribution >= 0.6 is 0 Å². The predicted molar refractivity (Wildman–Crippen MR) is 149 cm³/mol. The molecule has 6 rings (SSSR count). The van der Waals surface area contributed by atoms with E-state index in [9.17, 15) is 10.5 Å². The van der Waals surface area contributed by atoms with Crippen molar-refractivity contribution in [3.8, 4) is 22.4 Å². The van der Waals surface area contributed by atoms with E-state index in [0.29, 0.717) is 18.0 Å². The fourth-order valence-electron chi connectivity index (χ4n) is 6.67. The number of aliphatic hydroxyl groups is 1. The smallest absolute Gasteiger partial charge is 0.146 e. The highest BCUT2D eigenvalue weighted by Crippen LogP contribution is 2.40. The van der Waals surface area contributed by atoms with Crippen molar-refractivity contribution in [2.45, 2.75) is 77.0 Å². The molecule has 0 aliphatic heterocycles. The Hall–Kier alpha value is -3.18. The molecular formula is C32H38N4O. The Kier molecular flexibility index (Phi) is 6.97. The maximum atomic E-state index is 10.6. The van der Waals surface area contributed by atoms with Gasteiger partial charge in [-0.15, -0.1) is 0 Å². The fraction of sp³-hybridized carbons (Fsp3) is 0.438. The Morgan fingerprint density at radius 3 is 2.14 bits per heavy atom. The van der Waals surface area contributed by atoms with Crippen molar-refractivity contribution in [2.24, 2.45) is 11.8 Å². The van der Waals surface area contributed by atoms with Crippen molar-refractivity contribution in [2.75, 3.05) is 0 Å². The molecule has 2 aliphatic carbocycles. The molecular weight excluding hydrogens is 456 g/mol. The van der Waals surface area contributed by atoms with Crippen LogP contribution in [0.4, 0.5) is 0 Å². The summed E-state index contributed by atoms with van der Waals surface area (Å²) in [5, 5.41) is 21.0. The van der Waals surface area contributed by atoms with Crippen LogP contribution in [0.25, 0.3) is 33.4 Å². The zero-order valence-electron chi connectivity index (χ0n) is 21.6. The maximum absolute atomic E-state index is 10.6. The topological polar surface area (TPSA) is 66.8 Å². The van der Waals surface area contributed by atoms with Gasteiger partial charge in [-0.3, -0.25) is 5.41 Å². The van der Waals surface area contributed by atoms with E-state index in [0.717, 1.165) is 54.4 Å². The van der Waals surface area contributed by atoms with E-state index in [4.69, 9.17) is 4.98 Å². The first kappa shape index (κ1) is 24.2. The molecule has 4 aromatic rings. The lowest BCUT2D eigenvalue weighted by Crippen LogP contribution is -2.32. The monoisotopic (exact) mass is 494 g/mol. The molecule has 192 valence electrons. The normalized spacial score (nSPS) is 20.9. The van der Waals surface area contributed by atoms with Crippen LogP contribution in [0.3, 0.4) is 0 Å². The second-order valence-corrected chi connectivity index (χ2v) is 11.1. The summed E-state index contributed by atoms with van der Waals surface area (Å²) < 4.78 is 4.40. The zero-order valence-corrected chi connectivity index (χ0v) is 21.6. The molecule has 2 aromatic carbocycles. The first-order chi connectivity index (χ1) is 18.2. The van der Waals surface area contributed by atoms with Crippen molar-refractivity contribution in [1.82, 2.24) is 14.1 Å². The highest BCUT2D eigenvalue weighted by Gasteiger charge is 2.27. The number of aromatic nitrogens is 3. The molecule has 0 bridgehead atoms. The highest BCUT2D eigenvalue weighted by molar-refractivity contribution is 6.02. The molecule has 2 fully saturated rings. The van der Waals surface area contributed by atoms with Crippen LogP contribution in [0.1, 0.15) is 57.8 Å². The van der Waals surface area contributed by atoms with Gasteiger partial charge in [-0.05, 0) is 42.7 Å². The van der Waals surface area contributed by atoms with Crippen LogP contribution in [-0.2, 0) is 13.1 Å². The molecule has 2 atom stereocenters. The summed E-state index contributed by atoms with van der Waals surface area (Å²) in [5.74, 6) is 0.816. The van der Waals surface area contributed by atoms with Crippen LogP contribution in [0.2, 0.25) is 0 Å². The van der Waals surface area contributed by atoms with E-state index in [1.165, 1.54) is 43.4 Å². The fourth-order valence-corrected chi connectivity index (χ4v) is 6.67. The van der Waals surface area contributed by atoms with Gasteiger partial charge in [0.05, 0.1) is 23.5 Å². The van der Waals surface area contributed by atoms with Crippen molar-refractivity contribution >= 4 is 11.0 Å². The summed E-state index contributed by atoms with van der Waals surface area (Å²) in [5.41, 5.74) is 5.98. The largest absolute Gasteiger partial charge is 0.393 e. The van der Waals surface area contributed by atoms with E-state index in [-0.39, 0.29) is 12.0 Å². The molecule has 2 unspecified atom stereocenters. The SMILES string of the molecule is N=c1c2c(-c3ccccc3)c(-c3ccccc3)n(CC3CCCCC3)c2ncn1CC1CCCCC1O. The average Bonchev–Trinajstić information content (AvgIpc) is 3.27. The molecule has 5 nitrogen and oxygen atoms in total. The van der Waals surface area contributed by atoms with Crippen LogP contribution < -0.4 is 5.49 Å². The number of fused-ring (bicyclic) bond motifs is 1. The van der Waals surface area contributed by atoms with Crippen LogP contribution in [0.5, 0.6) is 0 Å². The minimum atomic E-state index is -0.291. The van der Waals surface area contributed by atoms with Gasteiger partial charge in [-0.1, -0.05) is 92.8 Å².